The molecule has 2 heterocycles. The molecule has 2 atom stereocenters. The summed E-state index contributed by atoms with van der Waals surface area (Å²) in [6.07, 6.45) is 3.70. The molecule has 9 nitrogen and oxygen atoms in total. The second kappa shape index (κ2) is 7.54. The third-order valence-electron chi connectivity index (χ3n) is 5.62. The third kappa shape index (κ3) is 3.81. The van der Waals surface area contributed by atoms with Crippen LogP contribution < -0.4 is 15.5 Å². The predicted octanol–water partition coefficient (Wildman–Crippen LogP) is 2.39. The van der Waals surface area contributed by atoms with Crippen LogP contribution in [0.1, 0.15) is 18.9 Å². The summed E-state index contributed by atoms with van der Waals surface area (Å²) in [5, 5.41) is 5.29. The zero-order chi connectivity index (χ0) is 24.2. The van der Waals surface area contributed by atoms with Crippen LogP contribution in [0.5, 0.6) is 0 Å². The van der Waals surface area contributed by atoms with Crippen molar-refractivity contribution in [2.75, 3.05) is 10.2 Å². The lowest BCUT2D eigenvalue weighted by atomic mass is 10.0. The predicted molar refractivity (Wildman–Crippen MR) is 109 cm³/mol. The van der Waals surface area contributed by atoms with Crippen LogP contribution in [0, 0.1) is 5.92 Å². The Labute approximate surface area is 185 Å². The molecule has 33 heavy (non-hydrogen) atoms. The number of carbonyl (C=O) groups is 3. The average molecular weight is 482 g/mol. The fraction of sp³-hybridized carbons (Fsp3) is 0.300. The van der Waals surface area contributed by atoms with E-state index in [1.807, 2.05) is 0 Å². The van der Waals surface area contributed by atoms with E-state index in [9.17, 15) is 36.0 Å². The molecule has 1 saturated heterocycles. The molecule has 4 amide bonds. The van der Waals surface area contributed by atoms with Gasteiger partial charge in [0, 0.05) is 13.1 Å². The highest BCUT2D eigenvalue weighted by molar-refractivity contribution is 7.92. The second-order valence-electron chi connectivity index (χ2n) is 7.80. The normalized spacial score (nSPS) is 22.4. The van der Waals surface area contributed by atoms with E-state index in [0.717, 1.165) is 22.6 Å². The van der Waals surface area contributed by atoms with Crippen molar-refractivity contribution in [3.05, 3.63) is 48.3 Å². The molecule has 2 aliphatic rings. The van der Waals surface area contributed by atoms with Gasteiger partial charge in [-0.3, -0.25) is 14.6 Å². The summed E-state index contributed by atoms with van der Waals surface area (Å²) in [7, 11) is -5.55. The number of urea groups is 1. The van der Waals surface area contributed by atoms with E-state index in [0.29, 0.717) is 30.7 Å². The zero-order valence-electron chi connectivity index (χ0n) is 17.0. The monoisotopic (exact) mass is 482 g/mol. The Morgan fingerprint density at radius 2 is 1.91 bits per heavy atom. The van der Waals surface area contributed by atoms with Crippen molar-refractivity contribution in [1.82, 2.24) is 10.3 Å². The maximum atomic E-state index is 13.1. The van der Waals surface area contributed by atoms with Gasteiger partial charge in [0.25, 0.3) is 15.7 Å². The van der Waals surface area contributed by atoms with E-state index < -0.39 is 37.7 Å². The molecular formula is C20H17F3N4O5S. The molecule has 1 aliphatic carbocycles. The molecule has 0 bridgehead atoms. The van der Waals surface area contributed by atoms with Crippen molar-refractivity contribution in [3.8, 4) is 0 Å². The SMILES string of the molecule is CC(=O)Nc1cnccc1CC1CC12NC(=O)N(c1ccc(S(=O)(=O)C(F)(F)F)cc1)C2=O. The molecule has 2 unspecified atom stereocenters. The summed E-state index contributed by atoms with van der Waals surface area (Å²) in [4.78, 5) is 40.7. The van der Waals surface area contributed by atoms with Crippen LogP contribution >= 0.6 is 0 Å². The lowest BCUT2D eigenvalue weighted by molar-refractivity contribution is -0.119. The van der Waals surface area contributed by atoms with E-state index in [2.05, 4.69) is 15.6 Å². The Bertz CT molecular complexity index is 1260. The van der Waals surface area contributed by atoms with Crippen LogP contribution in [-0.2, 0) is 25.8 Å². The fourth-order valence-electron chi connectivity index (χ4n) is 3.89. The van der Waals surface area contributed by atoms with Crippen molar-refractivity contribution < 1.29 is 36.0 Å². The summed E-state index contributed by atoms with van der Waals surface area (Å²) < 4.78 is 61.2. The first-order chi connectivity index (χ1) is 15.4. The Balaban J connectivity index is 1.54. The molecule has 2 aromatic rings. The first-order valence-corrected chi connectivity index (χ1v) is 11.1. The number of anilines is 2. The summed E-state index contributed by atoms with van der Waals surface area (Å²) in [5.41, 5.74) is -5.48. The van der Waals surface area contributed by atoms with E-state index in [4.69, 9.17) is 0 Å². The number of imide groups is 1. The number of benzene rings is 1. The maximum absolute atomic E-state index is 13.1. The molecule has 1 spiro atoms. The van der Waals surface area contributed by atoms with Gasteiger partial charge in [-0.2, -0.15) is 13.2 Å². The summed E-state index contributed by atoms with van der Waals surface area (Å²) in [6, 6.07) is 4.28. The Kier molecular flexibility index (Phi) is 5.19. The van der Waals surface area contributed by atoms with Crippen LogP contribution in [-0.4, -0.2) is 42.3 Å². The summed E-state index contributed by atoms with van der Waals surface area (Å²) >= 11 is 0. The van der Waals surface area contributed by atoms with Gasteiger partial charge in [0.2, 0.25) is 5.91 Å². The van der Waals surface area contributed by atoms with Gasteiger partial charge in [-0.15, -0.1) is 0 Å². The van der Waals surface area contributed by atoms with Gasteiger partial charge in [0.1, 0.15) is 5.54 Å². The molecular weight excluding hydrogens is 465 g/mol. The number of hydrogen-bond acceptors (Lipinski definition) is 6. The molecule has 174 valence electrons. The third-order valence-corrected chi connectivity index (χ3v) is 7.12. The number of alkyl halides is 3. The number of sulfone groups is 1. The van der Waals surface area contributed by atoms with Gasteiger partial charge in [-0.05, 0) is 54.7 Å². The zero-order valence-corrected chi connectivity index (χ0v) is 17.8. The van der Waals surface area contributed by atoms with Gasteiger partial charge in [-0.1, -0.05) is 0 Å². The Hall–Kier alpha value is -3.48. The number of pyridine rings is 1. The van der Waals surface area contributed by atoms with Crippen molar-refractivity contribution in [2.24, 2.45) is 5.92 Å². The summed E-state index contributed by atoms with van der Waals surface area (Å²) in [6.45, 7) is 1.35. The molecule has 1 aromatic carbocycles. The van der Waals surface area contributed by atoms with E-state index in [1.54, 1.807) is 6.07 Å². The van der Waals surface area contributed by atoms with Crippen LogP contribution in [0.15, 0.2) is 47.6 Å². The minimum absolute atomic E-state index is 0.0519. The quantitative estimate of drug-likeness (QED) is 0.631. The number of nitrogens with one attached hydrogen (secondary N) is 2. The number of aromatic nitrogens is 1. The van der Waals surface area contributed by atoms with Crippen LogP contribution in [0.2, 0.25) is 0 Å². The van der Waals surface area contributed by atoms with Gasteiger partial charge in [0.05, 0.1) is 22.5 Å². The van der Waals surface area contributed by atoms with Gasteiger partial charge in [0.15, 0.2) is 0 Å². The minimum Gasteiger partial charge on any atom is -0.325 e. The topological polar surface area (TPSA) is 126 Å². The van der Waals surface area contributed by atoms with Crippen molar-refractivity contribution >= 4 is 39.1 Å². The lowest BCUT2D eigenvalue weighted by Gasteiger charge is -2.15. The maximum Gasteiger partial charge on any atom is 0.501 e. The number of nitrogens with zero attached hydrogens (tertiary/aromatic N) is 2. The summed E-state index contributed by atoms with van der Waals surface area (Å²) in [5.74, 6) is -1.15. The van der Waals surface area contributed by atoms with Crippen LogP contribution in [0.3, 0.4) is 0 Å². The van der Waals surface area contributed by atoms with Crippen molar-refractivity contribution in [1.29, 1.82) is 0 Å². The van der Waals surface area contributed by atoms with E-state index in [1.165, 1.54) is 19.3 Å². The van der Waals surface area contributed by atoms with Gasteiger partial charge < -0.3 is 10.6 Å². The second-order valence-corrected chi connectivity index (χ2v) is 9.75. The van der Waals surface area contributed by atoms with E-state index in [-0.39, 0.29) is 17.5 Å². The first-order valence-electron chi connectivity index (χ1n) is 9.65. The van der Waals surface area contributed by atoms with E-state index >= 15 is 0 Å². The van der Waals surface area contributed by atoms with Gasteiger partial charge >= 0.3 is 11.5 Å². The molecule has 0 radical (unpaired) electrons. The van der Waals surface area contributed by atoms with Crippen LogP contribution in [0.4, 0.5) is 29.3 Å². The first kappa shape index (κ1) is 22.7. The number of rotatable bonds is 5. The highest BCUT2D eigenvalue weighted by atomic mass is 32.2. The smallest absolute Gasteiger partial charge is 0.325 e. The molecule has 1 aromatic heterocycles. The van der Waals surface area contributed by atoms with Gasteiger partial charge in [-0.25, -0.2) is 18.1 Å². The average Bonchev–Trinajstić information content (AvgIpc) is 3.34. The van der Waals surface area contributed by atoms with Crippen LogP contribution in [0.25, 0.3) is 0 Å². The number of hydrogen-bond donors (Lipinski definition) is 2. The highest BCUT2D eigenvalue weighted by Gasteiger charge is 2.67. The molecule has 1 aliphatic heterocycles. The molecule has 1 saturated carbocycles. The standard InChI is InChI=1S/C20H17F3N4O5S/c1-11(28)25-16-10-24-7-6-12(16)8-13-9-19(13)17(29)27(18(30)26-19)14-2-4-15(5-3-14)33(31,32)20(21,22)23/h2-7,10,13H,8-9H2,1H3,(H,25,28)(H,26,30). The molecule has 4 rings (SSSR count). The molecule has 2 fully saturated rings. The molecule has 2 N–H and O–H groups in total. The highest BCUT2D eigenvalue weighted by Crippen LogP contribution is 2.50. The largest absolute Gasteiger partial charge is 0.501 e. The molecule has 13 heteroatoms. The Morgan fingerprint density at radius 1 is 1.24 bits per heavy atom. The van der Waals surface area contributed by atoms with Crippen molar-refractivity contribution in [2.45, 2.75) is 35.7 Å². The Morgan fingerprint density at radius 3 is 2.52 bits per heavy atom. The minimum atomic E-state index is -5.55. The lowest BCUT2D eigenvalue weighted by Crippen LogP contribution is -2.35. The number of carbonyl (C=O) groups excluding carboxylic acids is 3. The number of amides is 4. The van der Waals surface area contributed by atoms with Crippen molar-refractivity contribution in [3.63, 3.8) is 0 Å². The number of halogens is 3. The fourth-order valence-corrected chi connectivity index (χ4v) is 4.66.